The molecule has 0 unspecified atom stereocenters. The minimum atomic E-state index is -1.77. The van der Waals surface area contributed by atoms with Gasteiger partial charge >= 0.3 is 11.9 Å². The smallest absolute Gasteiger partial charge is 0.326 e. The molecule has 0 aliphatic heterocycles. The number of carbonyl (C=O) groups is 2. The highest BCUT2D eigenvalue weighted by atomic mass is 19.2. The van der Waals surface area contributed by atoms with Gasteiger partial charge in [-0.2, -0.15) is 8.78 Å². The topological polar surface area (TPSA) is 78.4 Å². The van der Waals surface area contributed by atoms with E-state index in [2.05, 4.69) is 19.4 Å². The minimum Gasteiger partial charge on any atom is -0.465 e. The van der Waals surface area contributed by atoms with Gasteiger partial charge in [0.2, 0.25) is 5.82 Å². The van der Waals surface area contributed by atoms with Crippen molar-refractivity contribution in [2.75, 3.05) is 13.2 Å². The van der Waals surface area contributed by atoms with Crippen LogP contribution in [-0.2, 0) is 19.1 Å². The first-order chi connectivity index (χ1) is 9.02. The highest BCUT2D eigenvalue weighted by Gasteiger charge is 2.36. The summed E-state index contributed by atoms with van der Waals surface area (Å²) in [4.78, 5) is 29.7. The Kier molecular flexibility index (Phi) is 5.28. The number of halogens is 2. The van der Waals surface area contributed by atoms with E-state index >= 15 is 0 Å². The standard InChI is InChI=1S/C11H12F2N2O4/c1-3-18-10(16)6(11(17)19-4-2)8-7(12)9(13)15-5-14-8/h5-6H,3-4H2,1-2H3. The van der Waals surface area contributed by atoms with Crippen molar-refractivity contribution in [2.45, 2.75) is 19.8 Å². The van der Waals surface area contributed by atoms with E-state index < -0.39 is 35.3 Å². The lowest BCUT2D eigenvalue weighted by atomic mass is 10.1. The summed E-state index contributed by atoms with van der Waals surface area (Å²) in [5, 5.41) is 0. The van der Waals surface area contributed by atoms with Crippen LogP contribution >= 0.6 is 0 Å². The highest BCUT2D eigenvalue weighted by molar-refractivity contribution is 6.00. The number of carbonyl (C=O) groups excluding carboxylic acids is 2. The summed E-state index contributed by atoms with van der Waals surface area (Å²) in [6.45, 7) is 2.97. The molecule has 0 saturated carbocycles. The molecule has 1 aromatic rings. The number of nitrogens with zero attached hydrogens (tertiary/aromatic N) is 2. The third-order valence-corrected chi connectivity index (χ3v) is 2.09. The molecule has 0 aromatic carbocycles. The van der Waals surface area contributed by atoms with Crippen molar-refractivity contribution in [3.05, 3.63) is 23.8 Å². The summed E-state index contributed by atoms with van der Waals surface area (Å²) in [6, 6.07) is 0. The van der Waals surface area contributed by atoms with Gasteiger partial charge in [-0.25, -0.2) is 9.97 Å². The Balaban J connectivity index is 3.19. The average Bonchev–Trinajstić information content (AvgIpc) is 2.35. The van der Waals surface area contributed by atoms with E-state index in [1.54, 1.807) is 0 Å². The molecular formula is C11H12F2N2O4. The lowest BCUT2D eigenvalue weighted by Gasteiger charge is -2.14. The zero-order valence-electron chi connectivity index (χ0n) is 10.4. The maximum absolute atomic E-state index is 13.5. The highest BCUT2D eigenvalue weighted by Crippen LogP contribution is 2.21. The average molecular weight is 274 g/mol. The van der Waals surface area contributed by atoms with Crippen LogP contribution in [0.4, 0.5) is 8.78 Å². The van der Waals surface area contributed by atoms with E-state index in [-0.39, 0.29) is 13.2 Å². The number of hydrogen-bond acceptors (Lipinski definition) is 6. The normalized spacial score (nSPS) is 10.4. The molecule has 1 rings (SSSR count). The summed E-state index contributed by atoms with van der Waals surface area (Å²) in [7, 11) is 0. The Labute approximate surface area is 107 Å². The van der Waals surface area contributed by atoms with E-state index in [0.717, 1.165) is 0 Å². The van der Waals surface area contributed by atoms with Gasteiger partial charge in [0.15, 0.2) is 5.92 Å². The molecule has 8 heteroatoms. The van der Waals surface area contributed by atoms with E-state index in [4.69, 9.17) is 0 Å². The van der Waals surface area contributed by atoms with Crippen molar-refractivity contribution < 1.29 is 27.8 Å². The van der Waals surface area contributed by atoms with Gasteiger partial charge in [-0.3, -0.25) is 9.59 Å². The van der Waals surface area contributed by atoms with E-state index in [0.29, 0.717) is 6.33 Å². The van der Waals surface area contributed by atoms with Crippen molar-refractivity contribution in [2.24, 2.45) is 0 Å². The van der Waals surface area contributed by atoms with Gasteiger partial charge in [0, 0.05) is 0 Å². The number of esters is 2. The summed E-state index contributed by atoms with van der Waals surface area (Å²) < 4.78 is 35.8. The van der Waals surface area contributed by atoms with E-state index in [1.807, 2.05) is 0 Å². The van der Waals surface area contributed by atoms with Crippen molar-refractivity contribution in [3.8, 4) is 0 Å². The van der Waals surface area contributed by atoms with Crippen molar-refractivity contribution in [1.29, 1.82) is 0 Å². The van der Waals surface area contributed by atoms with Crippen LogP contribution in [0.1, 0.15) is 25.5 Å². The number of rotatable bonds is 5. The molecule has 0 bridgehead atoms. The second-order valence-corrected chi connectivity index (χ2v) is 3.30. The van der Waals surface area contributed by atoms with Gasteiger partial charge in [-0.15, -0.1) is 0 Å². The van der Waals surface area contributed by atoms with Gasteiger partial charge in [0.1, 0.15) is 12.0 Å². The number of ether oxygens (including phenoxy) is 2. The maximum atomic E-state index is 13.5. The number of aromatic nitrogens is 2. The molecule has 19 heavy (non-hydrogen) atoms. The SMILES string of the molecule is CCOC(=O)C(C(=O)OCC)c1ncnc(F)c1F. The lowest BCUT2D eigenvalue weighted by Crippen LogP contribution is -2.28. The molecule has 1 aromatic heterocycles. The maximum Gasteiger partial charge on any atom is 0.326 e. The van der Waals surface area contributed by atoms with Crippen LogP contribution in [0.25, 0.3) is 0 Å². The van der Waals surface area contributed by atoms with Crippen LogP contribution in [0.15, 0.2) is 6.33 Å². The Bertz CT molecular complexity index is 464. The molecular weight excluding hydrogens is 262 g/mol. The summed E-state index contributed by atoms with van der Waals surface area (Å²) in [5.74, 6) is -6.81. The van der Waals surface area contributed by atoms with Crippen molar-refractivity contribution >= 4 is 11.9 Å². The molecule has 1 heterocycles. The predicted molar refractivity (Wildman–Crippen MR) is 58.0 cm³/mol. The van der Waals surface area contributed by atoms with Crippen LogP contribution in [-0.4, -0.2) is 35.1 Å². The molecule has 0 spiro atoms. The van der Waals surface area contributed by atoms with Gasteiger partial charge in [-0.05, 0) is 13.8 Å². The zero-order valence-corrected chi connectivity index (χ0v) is 10.4. The van der Waals surface area contributed by atoms with Crippen molar-refractivity contribution in [3.63, 3.8) is 0 Å². The fraction of sp³-hybridized carbons (Fsp3) is 0.455. The van der Waals surface area contributed by atoms with Crippen LogP contribution in [0.3, 0.4) is 0 Å². The van der Waals surface area contributed by atoms with Crippen LogP contribution in [0.2, 0.25) is 0 Å². The molecule has 0 saturated heterocycles. The van der Waals surface area contributed by atoms with E-state index in [1.165, 1.54) is 13.8 Å². The Hall–Kier alpha value is -2.12. The third kappa shape index (κ3) is 3.43. The summed E-state index contributed by atoms with van der Waals surface area (Å²) in [5.41, 5.74) is -0.704. The quantitative estimate of drug-likeness (QED) is 0.452. The fourth-order valence-electron chi connectivity index (χ4n) is 1.33. The molecule has 0 amide bonds. The van der Waals surface area contributed by atoms with Crippen LogP contribution in [0, 0.1) is 11.8 Å². The molecule has 0 radical (unpaired) electrons. The van der Waals surface area contributed by atoms with Crippen molar-refractivity contribution in [1.82, 2.24) is 9.97 Å². The van der Waals surface area contributed by atoms with Gasteiger partial charge in [0.05, 0.1) is 13.2 Å². The summed E-state index contributed by atoms with van der Waals surface area (Å²) in [6.07, 6.45) is 0.708. The summed E-state index contributed by atoms with van der Waals surface area (Å²) >= 11 is 0. The molecule has 0 atom stereocenters. The van der Waals surface area contributed by atoms with Gasteiger partial charge < -0.3 is 9.47 Å². The third-order valence-electron chi connectivity index (χ3n) is 2.09. The first-order valence-electron chi connectivity index (χ1n) is 5.52. The Morgan fingerprint density at radius 1 is 1.16 bits per heavy atom. The largest absolute Gasteiger partial charge is 0.465 e. The minimum absolute atomic E-state index is 0.0239. The molecule has 0 aliphatic carbocycles. The molecule has 104 valence electrons. The predicted octanol–water partition coefficient (Wildman–Crippen LogP) is 0.965. The fourth-order valence-corrected chi connectivity index (χ4v) is 1.33. The Morgan fingerprint density at radius 3 is 2.16 bits per heavy atom. The second kappa shape index (κ2) is 6.72. The van der Waals surface area contributed by atoms with Crippen LogP contribution in [0.5, 0.6) is 0 Å². The first kappa shape index (κ1) is 14.9. The molecule has 0 aliphatic rings. The first-order valence-corrected chi connectivity index (χ1v) is 5.52. The lowest BCUT2D eigenvalue weighted by molar-refractivity contribution is -0.157. The monoisotopic (exact) mass is 274 g/mol. The number of hydrogen-bond donors (Lipinski definition) is 0. The zero-order chi connectivity index (χ0) is 14.4. The van der Waals surface area contributed by atoms with Crippen LogP contribution < -0.4 is 0 Å². The van der Waals surface area contributed by atoms with Gasteiger partial charge in [-0.1, -0.05) is 0 Å². The van der Waals surface area contributed by atoms with E-state index in [9.17, 15) is 18.4 Å². The molecule has 6 nitrogen and oxygen atoms in total. The van der Waals surface area contributed by atoms with Gasteiger partial charge in [0.25, 0.3) is 5.95 Å². The molecule has 0 fully saturated rings. The Morgan fingerprint density at radius 2 is 1.68 bits per heavy atom. The molecule has 0 N–H and O–H groups in total. The second-order valence-electron chi connectivity index (χ2n) is 3.30.